The fourth-order valence-electron chi connectivity index (χ4n) is 2.29. The Morgan fingerprint density at radius 3 is 3.00 bits per heavy atom. The first-order valence-electron chi connectivity index (χ1n) is 6.60. The lowest BCUT2D eigenvalue weighted by atomic mass is 10.1. The number of hydrogen-bond acceptors (Lipinski definition) is 5. The normalized spacial score (nSPS) is 18.6. The molecule has 1 saturated heterocycles. The van der Waals surface area contributed by atoms with Crippen LogP contribution in [0, 0.1) is 0 Å². The average molecular weight is 287 g/mol. The molecule has 0 radical (unpaired) electrons. The number of nitrogens with zero attached hydrogens (tertiary/aromatic N) is 1. The topological polar surface area (TPSA) is 101 Å². The highest BCUT2D eigenvalue weighted by atomic mass is 16.5. The summed E-state index contributed by atoms with van der Waals surface area (Å²) in [5.74, 6) is -1.11. The summed E-state index contributed by atoms with van der Waals surface area (Å²) in [6.45, 7) is 0. The number of aromatic nitrogens is 1. The molecule has 3 rings (SSSR count). The van der Waals surface area contributed by atoms with Crippen molar-refractivity contribution < 1.29 is 18.9 Å². The van der Waals surface area contributed by atoms with Crippen molar-refractivity contribution in [2.24, 2.45) is 0 Å². The van der Waals surface area contributed by atoms with E-state index in [0.717, 1.165) is 5.39 Å². The van der Waals surface area contributed by atoms with Gasteiger partial charge in [0.05, 0.1) is 6.42 Å². The molecular formula is C14H13N3O4. The molecule has 0 spiro atoms. The van der Waals surface area contributed by atoms with Crippen LogP contribution in [0.25, 0.3) is 11.0 Å². The third-order valence-electron chi connectivity index (χ3n) is 3.35. The number of rotatable bonds is 3. The molecule has 1 atom stereocenters. The summed E-state index contributed by atoms with van der Waals surface area (Å²) in [6, 6.07) is 6.57. The van der Waals surface area contributed by atoms with E-state index < -0.39 is 11.9 Å². The zero-order valence-corrected chi connectivity index (χ0v) is 11.1. The van der Waals surface area contributed by atoms with Crippen LogP contribution in [0.3, 0.4) is 0 Å². The number of piperidine rings is 1. The van der Waals surface area contributed by atoms with Gasteiger partial charge >= 0.3 is 0 Å². The second-order valence-corrected chi connectivity index (χ2v) is 4.87. The number of fused-ring (bicyclic) bond motifs is 1. The number of nitrogens with one attached hydrogen (secondary N) is 2. The number of para-hydroxylation sites is 1. The molecular weight excluding hydrogens is 274 g/mol. The van der Waals surface area contributed by atoms with Crippen LogP contribution >= 0.6 is 0 Å². The van der Waals surface area contributed by atoms with E-state index >= 15 is 0 Å². The van der Waals surface area contributed by atoms with E-state index in [-0.39, 0.29) is 24.7 Å². The summed E-state index contributed by atoms with van der Waals surface area (Å²) >= 11 is 0. The molecule has 108 valence electrons. The minimum atomic E-state index is -0.673. The van der Waals surface area contributed by atoms with Gasteiger partial charge in [-0.05, 0) is 18.6 Å². The first kappa shape index (κ1) is 13.3. The lowest BCUT2D eigenvalue weighted by molar-refractivity contribution is -0.137. The van der Waals surface area contributed by atoms with Crippen molar-refractivity contribution in [1.29, 1.82) is 0 Å². The average Bonchev–Trinajstić information content (AvgIpc) is 2.85. The summed E-state index contributed by atoms with van der Waals surface area (Å²) in [5, 5.41) is 9.45. The molecule has 21 heavy (non-hydrogen) atoms. The Kier molecular flexibility index (Phi) is 3.39. The van der Waals surface area contributed by atoms with Crippen molar-refractivity contribution in [3.8, 4) is 0 Å². The molecule has 1 aromatic carbocycles. The van der Waals surface area contributed by atoms with Crippen LogP contribution in [-0.2, 0) is 20.8 Å². The smallest absolute Gasteiger partial charge is 0.249 e. The van der Waals surface area contributed by atoms with Crippen molar-refractivity contribution in [3.05, 3.63) is 30.0 Å². The zero-order chi connectivity index (χ0) is 14.8. The van der Waals surface area contributed by atoms with E-state index in [1.807, 2.05) is 18.2 Å². The van der Waals surface area contributed by atoms with Crippen LogP contribution in [0.2, 0.25) is 0 Å². The molecule has 0 bridgehead atoms. The minimum absolute atomic E-state index is 0.0226. The number of amides is 3. The first-order chi connectivity index (χ1) is 10.1. The second-order valence-electron chi connectivity index (χ2n) is 4.87. The summed E-state index contributed by atoms with van der Waals surface area (Å²) < 4.78 is 5.12. The molecule has 1 aromatic heterocycles. The van der Waals surface area contributed by atoms with E-state index in [2.05, 4.69) is 15.8 Å². The van der Waals surface area contributed by atoms with Crippen LogP contribution in [0.5, 0.6) is 0 Å². The van der Waals surface area contributed by atoms with Crippen LogP contribution in [0.15, 0.2) is 28.8 Å². The van der Waals surface area contributed by atoms with Crippen molar-refractivity contribution >= 4 is 28.7 Å². The molecule has 3 amide bonds. The molecule has 2 N–H and O–H groups in total. The third kappa shape index (κ3) is 2.76. The lowest BCUT2D eigenvalue weighted by Gasteiger charge is -2.21. The van der Waals surface area contributed by atoms with Crippen LogP contribution in [0.4, 0.5) is 0 Å². The minimum Gasteiger partial charge on any atom is -0.356 e. The quantitative estimate of drug-likeness (QED) is 0.790. The van der Waals surface area contributed by atoms with Crippen molar-refractivity contribution in [3.63, 3.8) is 0 Å². The highest BCUT2D eigenvalue weighted by Crippen LogP contribution is 2.18. The first-order valence-corrected chi connectivity index (χ1v) is 6.60. The molecule has 7 nitrogen and oxygen atoms in total. The van der Waals surface area contributed by atoms with Crippen molar-refractivity contribution in [2.45, 2.75) is 25.3 Å². The predicted molar refractivity (Wildman–Crippen MR) is 72.0 cm³/mol. The summed E-state index contributed by atoms with van der Waals surface area (Å²) in [6.07, 6.45) is 0.564. The Bertz CT molecular complexity index is 722. The van der Waals surface area contributed by atoms with Crippen LogP contribution in [0.1, 0.15) is 18.5 Å². The third-order valence-corrected chi connectivity index (χ3v) is 3.35. The van der Waals surface area contributed by atoms with Gasteiger partial charge in [-0.15, -0.1) is 0 Å². The molecule has 1 aliphatic heterocycles. The van der Waals surface area contributed by atoms with E-state index in [1.165, 1.54) is 0 Å². The summed E-state index contributed by atoms with van der Waals surface area (Å²) in [5.41, 5.74) is 1.14. The van der Waals surface area contributed by atoms with Crippen LogP contribution in [-0.4, -0.2) is 28.9 Å². The number of imide groups is 1. The van der Waals surface area contributed by atoms with Gasteiger partial charge in [-0.2, -0.15) is 0 Å². The van der Waals surface area contributed by atoms with Gasteiger partial charge in [-0.25, -0.2) is 0 Å². The predicted octanol–water partition coefficient (Wildman–Crippen LogP) is 0.292. The maximum absolute atomic E-state index is 12.0. The van der Waals surface area contributed by atoms with Gasteiger partial charge in [0.1, 0.15) is 11.7 Å². The lowest BCUT2D eigenvalue weighted by Crippen LogP contribution is -2.52. The zero-order valence-electron chi connectivity index (χ0n) is 11.1. The molecule has 1 fully saturated rings. The van der Waals surface area contributed by atoms with E-state index in [1.54, 1.807) is 6.07 Å². The molecule has 1 aliphatic rings. The molecule has 2 heterocycles. The van der Waals surface area contributed by atoms with Gasteiger partial charge < -0.3 is 9.84 Å². The highest BCUT2D eigenvalue weighted by molar-refractivity contribution is 6.01. The number of carbonyl (C=O) groups is 3. The molecule has 2 aromatic rings. The van der Waals surface area contributed by atoms with Crippen molar-refractivity contribution in [2.75, 3.05) is 0 Å². The van der Waals surface area contributed by atoms with E-state index in [4.69, 9.17) is 4.52 Å². The van der Waals surface area contributed by atoms with Gasteiger partial charge in [0.25, 0.3) is 0 Å². The van der Waals surface area contributed by atoms with Crippen molar-refractivity contribution in [1.82, 2.24) is 15.8 Å². The molecule has 1 unspecified atom stereocenters. The van der Waals surface area contributed by atoms with Gasteiger partial charge in [0.2, 0.25) is 17.7 Å². The highest BCUT2D eigenvalue weighted by Gasteiger charge is 2.28. The molecule has 0 saturated carbocycles. The largest absolute Gasteiger partial charge is 0.356 e. The van der Waals surface area contributed by atoms with Gasteiger partial charge in [0.15, 0.2) is 5.58 Å². The second kappa shape index (κ2) is 5.35. The number of hydrogen-bond donors (Lipinski definition) is 2. The van der Waals surface area contributed by atoms with Gasteiger partial charge in [-0.3, -0.25) is 19.7 Å². The Balaban J connectivity index is 1.67. The Morgan fingerprint density at radius 1 is 1.38 bits per heavy atom. The fourth-order valence-corrected chi connectivity index (χ4v) is 2.29. The van der Waals surface area contributed by atoms with Gasteiger partial charge in [-0.1, -0.05) is 17.3 Å². The summed E-state index contributed by atoms with van der Waals surface area (Å²) in [7, 11) is 0. The molecule has 0 aliphatic carbocycles. The fraction of sp³-hybridized carbons (Fsp3) is 0.286. The standard InChI is InChI=1S/C14H13N3O4/c18-12-6-5-9(14(20)16-12)15-13(19)7-10-8-3-1-2-4-11(8)21-17-10/h1-4,9H,5-7H2,(H,15,19)(H,16,18,20). The SMILES string of the molecule is O=C1CCC(NC(=O)Cc2noc3ccccc23)C(=O)N1. The summed E-state index contributed by atoms with van der Waals surface area (Å²) in [4.78, 5) is 34.6. The monoisotopic (exact) mass is 287 g/mol. The van der Waals surface area contributed by atoms with Gasteiger partial charge in [0, 0.05) is 11.8 Å². The molecule has 7 heteroatoms. The maximum Gasteiger partial charge on any atom is 0.249 e. The Hall–Kier alpha value is -2.70. The number of benzene rings is 1. The Labute approximate surface area is 119 Å². The van der Waals surface area contributed by atoms with E-state index in [0.29, 0.717) is 17.7 Å². The number of carbonyl (C=O) groups excluding carboxylic acids is 3. The van der Waals surface area contributed by atoms with E-state index in [9.17, 15) is 14.4 Å². The maximum atomic E-state index is 12.0. The Morgan fingerprint density at radius 2 is 2.19 bits per heavy atom. The van der Waals surface area contributed by atoms with Crippen LogP contribution < -0.4 is 10.6 Å².